The Morgan fingerprint density at radius 1 is 1.62 bits per heavy atom. The molecule has 0 radical (unpaired) electrons. The molecule has 5 nitrogen and oxygen atoms in total. The molecule has 0 aliphatic heterocycles. The highest BCUT2D eigenvalue weighted by molar-refractivity contribution is 7.13. The molecule has 1 aromatic rings. The largest absolute Gasteiger partial charge is 0.464 e. The second-order valence-electron chi connectivity index (χ2n) is 3.36. The van der Waals surface area contributed by atoms with Crippen molar-refractivity contribution in [2.75, 3.05) is 26.1 Å². The van der Waals surface area contributed by atoms with E-state index in [0.717, 1.165) is 11.6 Å². The first-order valence-electron chi connectivity index (χ1n) is 4.96. The summed E-state index contributed by atoms with van der Waals surface area (Å²) < 4.78 is 9.56. The summed E-state index contributed by atoms with van der Waals surface area (Å²) in [6, 6.07) is 0.261. The number of carbonyl (C=O) groups excluding carboxylic acids is 1. The first-order valence-corrected chi connectivity index (χ1v) is 5.84. The van der Waals surface area contributed by atoms with Gasteiger partial charge < -0.3 is 14.8 Å². The molecule has 90 valence electrons. The van der Waals surface area contributed by atoms with Crippen LogP contribution >= 0.6 is 11.3 Å². The van der Waals surface area contributed by atoms with Crippen molar-refractivity contribution in [2.24, 2.45) is 0 Å². The normalized spacial score (nSPS) is 12.2. The van der Waals surface area contributed by atoms with Gasteiger partial charge in [-0.05, 0) is 13.3 Å². The van der Waals surface area contributed by atoms with E-state index in [0.29, 0.717) is 12.3 Å². The Labute approximate surface area is 98.8 Å². The van der Waals surface area contributed by atoms with Gasteiger partial charge in [0.25, 0.3) is 0 Å². The molecule has 1 aromatic heterocycles. The highest BCUT2D eigenvalue weighted by Gasteiger charge is 2.11. The van der Waals surface area contributed by atoms with Crippen LogP contribution in [0.2, 0.25) is 0 Å². The Morgan fingerprint density at radius 3 is 3.00 bits per heavy atom. The average Bonchev–Trinajstić information content (AvgIpc) is 2.73. The van der Waals surface area contributed by atoms with Crippen molar-refractivity contribution in [1.29, 1.82) is 0 Å². The molecule has 0 saturated carbocycles. The fourth-order valence-electron chi connectivity index (χ4n) is 1.12. The van der Waals surface area contributed by atoms with Gasteiger partial charge in [0.05, 0.1) is 7.11 Å². The maximum absolute atomic E-state index is 11.2. The van der Waals surface area contributed by atoms with E-state index in [4.69, 9.17) is 4.74 Å². The molecule has 0 aliphatic carbocycles. The third kappa shape index (κ3) is 3.79. The lowest BCUT2D eigenvalue weighted by Gasteiger charge is -2.11. The fraction of sp³-hybridized carbons (Fsp3) is 0.600. The minimum Gasteiger partial charge on any atom is -0.464 e. The van der Waals surface area contributed by atoms with Crippen molar-refractivity contribution in [3.8, 4) is 0 Å². The molecule has 16 heavy (non-hydrogen) atoms. The van der Waals surface area contributed by atoms with Crippen LogP contribution in [0.15, 0.2) is 5.38 Å². The van der Waals surface area contributed by atoms with Gasteiger partial charge in [0.15, 0.2) is 10.8 Å². The van der Waals surface area contributed by atoms with E-state index in [1.165, 1.54) is 18.4 Å². The second kappa shape index (κ2) is 6.44. The van der Waals surface area contributed by atoms with E-state index in [9.17, 15) is 4.79 Å². The van der Waals surface area contributed by atoms with E-state index in [2.05, 4.69) is 15.0 Å². The zero-order chi connectivity index (χ0) is 12.0. The topological polar surface area (TPSA) is 60.5 Å². The molecule has 6 heteroatoms. The lowest BCUT2D eigenvalue weighted by atomic mass is 10.2. The predicted octanol–water partition coefficient (Wildman–Crippen LogP) is 1.77. The molecule has 0 aromatic carbocycles. The van der Waals surface area contributed by atoms with E-state index < -0.39 is 5.97 Å². The van der Waals surface area contributed by atoms with Crippen LogP contribution in [0.4, 0.5) is 5.13 Å². The zero-order valence-electron chi connectivity index (χ0n) is 9.65. The molecule has 0 amide bonds. The van der Waals surface area contributed by atoms with Crippen LogP contribution in [0.1, 0.15) is 23.8 Å². The Morgan fingerprint density at radius 2 is 2.38 bits per heavy atom. The second-order valence-corrected chi connectivity index (χ2v) is 4.21. The van der Waals surface area contributed by atoms with Gasteiger partial charge in [-0.1, -0.05) is 0 Å². The number of carbonyl (C=O) groups is 1. The predicted molar refractivity (Wildman–Crippen MR) is 63.0 cm³/mol. The van der Waals surface area contributed by atoms with Crippen LogP contribution in [-0.4, -0.2) is 37.8 Å². The number of nitrogens with zero attached hydrogens (tertiary/aromatic N) is 1. The Bertz CT molecular complexity index is 341. The fourth-order valence-corrected chi connectivity index (χ4v) is 1.91. The third-order valence-corrected chi connectivity index (χ3v) is 2.80. The van der Waals surface area contributed by atoms with Gasteiger partial charge in [0, 0.05) is 25.1 Å². The van der Waals surface area contributed by atoms with Crippen LogP contribution in [0, 0.1) is 0 Å². The van der Waals surface area contributed by atoms with Crippen LogP contribution in [0.5, 0.6) is 0 Å². The van der Waals surface area contributed by atoms with Crippen LogP contribution in [-0.2, 0) is 9.47 Å². The zero-order valence-corrected chi connectivity index (χ0v) is 10.5. The summed E-state index contributed by atoms with van der Waals surface area (Å²) in [7, 11) is 3.02. The summed E-state index contributed by atoms with van der Waals surface area (Å²) in [5.74, 6) is -0.408. The lowest BCUT2D eigenvalue weighted by Crippen LogP contribution is -2.17. The van der Waals surface area contributed by atoms with Gasteiger partial charge in [-0.2, -0.15) is 0 Å². The number of esters is 1. The Kier molecular flexibility index (Phi) is 5.21. The lowest BCUT2D eigenvalue weighted by molar-refractivity contribution is 0.0595. The smallest absolute Gasteiger partial charge is 0.357 e. The molecule has 1 atom stereocenters. The molecule has 0 fully saturated rings. The standard InChI is InChI=1S/C10H16N2O3S/c1-7(4-5-14-2)11-10-12-8(6-16-10)9(13)15-3/h6-7H,4-5H2,1-3H3,(H,11,12). The molecule has 0 bridgehead atoms. The number of nitrogens with one attached hydrogen (secondary N) is 1. The monoisotopic (exact) mass is 244 g/mol. The highest BCUT2D eigenvalue weighted by Crippen LogP contribution is 2.17. The molecule has 1 heterocycles. The molecule has 0 aliphatic rings. The molecule has 0 saturated heterocycles. The molecule has 1 rings (SSSR count). The van der Waals surface area contributed by atoms with E-state index in [-0.39, 0.29) is 6.04 Å². The Hall–Kier alpha value is -1.14. The van der Waals surface area contributed by atoms with Crippen molar-refractivity contribution in [2.45, 2.75) is 19.4 Å². The van der Waals surface area contributed by atoms with Crippen molar-refractivity contribution >= 4 is 22.4 Å². The summed E-state index contributed by atoms with van der Waals surface area (Å²) in [6.07, 6.45) is 0.892. The quantitative estimate of drug-likeness (QED) is 0.773. The average molecular weight is 244 g/mol. The number of thiazole rings is 1. The van der Waals surface area contributed by atoms with E-state index in [1.54, 1.807) is 12.5 Å². The van der Waals surface area contributed by atoms with E-state index >= 15 is 0 Å². The summed E-state index contributed by atoms with van der Waals surface area (Å²) in [5.41, 5.74) is 0.342. The molecular weight excluding hydrogens is 228 g/mol. The number of aromatic nitrogens is 1. The summed E-state index contributed by atoms with van der Waals surface area (Å²) in [6.45, 7) is 2.74. The maximum atomic E-state index is 11.2. The first-order chi connectivity index (χ1) is 7.67. The SMILES string of the molecule is COCCC(C)Nc1nc(C(=O)OC)cs1. The highest BCUT2D eigenvalue weighted by atomic mass is 32.1. The minimum absolute atomic E-state index is 0.261. The molecule has 1 unspecified atom stereocenters. The number of anilines is 1. The van der Waals surface area contributed by atoms with Gasteiger partial charge >= 0.3 is 5.97 Å². The third-order valence-electron chi connectivity index (χ3n) is 2.02. The minimum atomic E-state index is -0.408. The van der Waals surface area contributed by atoms with Crippen LogP contribution < -0.4 is 5.32 Å². The summed E-state index contributed by atoms with van der Waals surface area (Å²) in [5, 5.41) is 5.60. The molecular formula is C10H16N2O3S. The number of methoxy groups -OCH3 is 2. The van der Waals surface area contributed by atoms with Crippen LogP contribution in [0.25, 0.3) is 0 Å². The maximum Gasteiger partial charge on any atom is 0.357 e. The Balaban J connectivity index is 2.48. The summed E-state index contributed by atoms with van der Waals surface area (Å²) >= 11 is 1.39. The van der Waals surface area contributed by atoms with Gasteiger partial charge in [-0.15, -0.1) is 11.3 Å². The number of hydrogen-bond acceptors (Lipinski definition) is 6. The van der Waals surface area contributed by atoms with Gasteiger partial charge in [-0.3, -0.25) is 0 Å². The number of ether oxygens (including phenoxy) is 2. The number of hydrogen-bond donors (Lipinski definition) is 1. The van der Waals surface area contributed by atoms with Gasteiger partial charge in [-0.25, -0.2) is 9.78 Å². The van der Waals surface area contributed by atoms with Crippen molar-refractivity contribution < 1.29 is 14.3 Å². The van der Waals surface area contributed by atoms with Gasteiger partial charge in [0.1, 0.15) is 0 Å². The molecule has 1 N–H and O–H groups in total. The van der Waals surface area contributed by atoms with Gasteiger partial charge in [0.2, 0.25) is 0 Å². The first kappa shape index (κ1) is 12.9. The van der Waals surface area contributed by atoms with E-state index in [1.807, 2.05) is 6.92 Å². The molecule has 0 spiro atoms. The number of rotatable bonds is 6. The summed E-state index contributed by atoms with van der Waals surface area (Å²) in [4.78, 5) is 15.3. The van der Waals surface area contributed by atoms with Crippen LogP contribution in [0.3, 0.4) is 0 Å². The van der Waals surface area contributed by atoms with Crippen molar-refractivity contribution in [3.05, 3.63) is 11.1 Å². The van der Waals surface area contributed by atoms with Crippen molar-refractivity contribution in [3.63, 3.8) is 0 Å². The van der Waals surface area contributed by atoms with Crippen molar-refractivity contribution in [1.82, 2.24) is 4.98 Å².